The number of benzene rings is 1. The lowest BCUT2D eigenvalue weighted by Crippen LogP contribution is -2.31. The average Bonchev–Trinajstić information content (AvgIpc) is 2.95. The number of imidazole rings is 1. The molecule has 2 N–H and O–H groups in total. The average molecular weight is 328 g/mol. The zero-order valence-corrected chi connectivity index (χ0v) is 12.9. The van der Waals surface area contributed by atoms with Crippen molar-refractivity contribution in [1.29, 1.82) is 5.26 Å². The van der Waals surface area contributed by atoms with Gasteiger partial charge in [0.05, 0.1) is 29.0 Å². The number of amides is 1. The molecule has 1 aromatic heterocycles. The first-order valence-electron chi connectivity index (χ1n) is 7.97. The van der Waals surface area contributed by atoms with E-state index in [9.17, 15) is 4.79 Å². The van der Waals surface area contributed by atoms with Crippen molar-refractivity contribution in [2.75, 3.05) is 6.54 Å². The molecule has 1 aromatic carbocycles. The van der Waals surface area contributed by atoms with E-state index in [0.717, 1.165) is 43.3 Å². The summed E-state index contributed by atoms with van der Waals surface area (Å²) in [7, 11) is 0. The van der Waals surface area contributed by atoms with Gasteiger partial charge in [0.2, 0.25) is 0 Å². The first-order chi connectivity index (χ1) is 11.2. The molecule has 2 atom stereocenters. The van der Waals surface area contributed by atoms with Crippen LogP contribution in [0, 0.1) is 23.2 Å². The zero-order chi connectivity index (χ0) is 16.2. The Kier molecular flexibility index (Phi) is 5.80. The van der Waals surface area contributed by atoms with Gasteiger partial charge in [-0.25, -0.2) is 9.78 Å². The summed E-state index contributed by atoms with van der Waals surface area (Å²) in [6.45, 7) is 1.41. The van der Waals surface area contributed by atoms with Crippen molar-refractivity contribution < 1.29 is 9.90 Å². The van der Waals surface area contributed by atoms with Crippen LogP contribution in [0.15, 0.2) is 24.5 Å². The molecule has 128 valence electrons. The van der Waals surface area contributed by atoms with Gasteiger partial charge in [0.25, 0.3) is 0 Å². The summed E-state index contributed by atoms with van der Waals surface area (Å²) in [4.78, 5) is 15.0. The second-order valence-electron chi connectivity index (χ2n) is 6.30. The van der Waals surface area contributed by atoms with Crippen LogP contribution in [-0.2, 0) is 6.54 Å². The zero-order valence-electron chi connectivity index (χ0n) is 12.9. The number of hydrogen-bond donors (Lipinski definition) is 2. The van der Waals surface area contributed by atoms with Gasteiger partial charge in [-0.15, -0.1) is 0 Å². The normalized spacial score (nSPS) is 20.1. The molecule has 1 saturated carbocycles. The molecule has 0 radical (unpaired) electrons. The van der Waals surface area contributed by atoms with Gasteiger partial charge >= 0.3 is 6.09 Å². The van der Waals surface area contributed by atoms with Crippen LogP contribution in [0.2, 0.25) is 0 Å². The highest BCUT2D eigenvalue weighted by molar-refractivity contribution is 5.76. The van der Waals surface area contributed by atoms with Gasteiger partial charge in [-0.3, -0.25) is 0 Å². The van der Waals surface area contributed by atoms with Crippen LogP contribution in [-0.4, -0.2) is 27.3 Å². The fourth-order valence-corrected chi connectivity index (χ4v) is 3.54. The van der Waals surface area contributed by atoms with Crippen molar-refractivity contribution in [2.24, 2.45) is 11.8 Å². The number of aromatic nitrogens is 2. The van der Waals surface area contributed by atoms with Crippen molar-refractivity contribution in [3.63, 3.8) is 0 Å². The number of nitriles is 1. The third kappa shape index (κ3) is 4.05. The molecule has 2 aromatic rings. The highest BCUT2D eigenvalue weighted by Crippen LogP contribution is 2.30. The molecule has 1 aliphatic rings. The molecule has 1 amide bonds. The third-order valence-electron chi connectivity index (χ3n) is 4.64. The van der Waals surface area contributed by atoms with E-state index in [4.69, 9.17) is 10.4 Å². The Morgan fingerprint density at radius 1 is 1.42 bits per heavy atom. The molecule has 3 rings (SSSR count). The molecule has 0 aliphatic heterocycles. The molecule has 6 nitrogen and oxygen atoms in total. The lowest BCUT2D eigenvalue weighted by Gasteiger charge is -2.29. The molecule has 1 fully saturated rings. The summed E-state index contributed by atoms with van der Waals surface area (Å²) in [5.74, 6) is 0.932. The number of nitrogens with zero attached hydrogens (tertiary/aromatic N) is 3. The van der Waals surface area contributed by atoms with E-state index in [1.807, 2.05) is 18.5 Å². The van der Waals surface area contributed by atoms with Crippen LogP contribution in [0.5, 0.6) is 0 Å². The number of carboxylic acid groups (broad SMARTS) is 1. The lowest BCUT2D eigenvalue weighted by atomic mass is 9.81. The molecule has 1 aliphatic carbocycles. The smallest absolute Gasteiger partial charge is 0.404 e. The summed E-state index contributed by atoms with van der Waals surface area (Å²) in [6, 6.07) is 7.72. The Morgan fingerprint density at radius 3 is 2.96 bits per heavy atom. The van der Waals surface area contributed by atoms with Gasteiger partial charge in [-0.05, 0) is 49.3 Å². The molecule has 0 saturated heterocycles. The first-order valence-corrected chi connectivity index (χ1v) is 7.97. The standard InChI is InChI=1S/C17H20N4O2.CH4/c18-8-12-4-5-15-16(7-12)21(11-20-15)10-14-3-1-2-13(6-14)9-19-17(22)23;/h4-5,7,11,13-14,19H,1-3,6,9-10H2,(H,22,23);1H4/t13-,14+;/m1./s1. The molecule has 24 heavy (non-hydrogen) atoms. The second-order valence-corrected chi connectivity index (χ2v) is 6.30. The van der Waals surface area contributed by atoms with Gasteiger partial charge in [0, 0.05) is 13.1 Å². The lowest BCUT2D eigenvalue weighted by molar-refractivity contribution is 0.185. The summed E-state index contributed by atoms with van der Waals surface area (Å²) in [5.41, 5.74) is 2.55. The van der Waals surface area contributed by atoms with Gasteiger partial charge in [-0.2, -0.15) is 5.26 Å². The SMILES string of the molecule is C.N#Cc1ccc2ncn(C[C@H]3CCC[C@@H](CNC(=O)O)C3)c2c1. The minimum atomic E-state index is -0.947. The van der Waals surface area contributed by atoms with Crippen molar-refractivity contribution in [3.05, 3.63) is 30.1 Å². The van der Waals surface area contributed by atoms with Crippen LogP contribution >= 0.6 is 0 Å². The van der Waals surface area contributed by atoms with Gasteiger partial charge in [0.15, 0.2) is 0 Å². The van der Waals surface area contributed by atoms with E-state index in [0.29, 0.717) is 23.9 Å². The maximum absolute atomic E-state index is 10.6. The maximum Gasteiger partial charge on any atom is 0.404 e. The monoisotopic (exact) mass is 328 g/mol. The van der Waals surface area contributed by atoms with E-state index in [2.05, 4.69) is 20.9 Å². The summed E-state index contributed by atoms with van der Waals surface area (Å²) < 4.78 is 2.12. The largest absolute Gasteiger partial charge is 0.465 e. The minimum Gasteiger partial charge on any atom is -0.465 e. The van der Waals surface area contributed by atoms with E-state index in [1.54, 1.807) is 6.07 Å². The molecule has 1 heterocycles. The predicted octanol–water partition coefficient (Wildman–Crippen LogP) is 3.62. The Hall–Kier alpha value is -2.55. The highest BCUT2D eigenvalue weighted by Gasteiger charge is 2.23. The van der Waals surface area contributed by atoms with Crippen LogP contribution < -0.4 is 5.32 Å². The molecular weight excluding hydrogens is 304 g/mol. The molecule has 0 unspecified atom stereocenters. The van der Waals surface area contributed by atoms with E-state index in [1.165, 1.54) is 0 Å². The Balaban J connectivity index is 0.00000208. The van der Waals surface area contributed by atoms with Crippen LogP contribution in [0.4, 0.5) is 4.79 Å². The van der Waals surface area contributed by atoms with Crippen molar-refractivity contribution in [1.82, 2.24) is 14.9 Å². The van der Waals surface area contributed by atoms with Gasteiger partial charge in [-0.1, -0.05) is 13.8 Å². The van der Waals surface area contributed by atoms with Gasteiger partial charge in [0.1, 0.15) is 0 Å². The second kappa shape index (κ2) is 7.82. The number of hydrogen-bond acceptors (Lipinski definition) is 3. The fourth-order valence-electron chi connectivity index (χ4n) is 3.54. The number of nitrogens with one attached hydrogen (secondary N) is 1. The van der Waals surface area contributed by atoms with Crippen molar-refractivity contribution in [3.8, 4) is 6.07 Å². The van der Waals surface area contributed by atoms with E-state index < -0.39 is 6.09 Å². The first kappa shape index (κ1) is 17.8. The number of fused-ring (bicyclic) bond motifs is 1. The third-order valence-corrected chi connectivity index (χ3v) is 4.64. The Labute approximate surface area is 142 Å². The van der Waals surface area contributed by atoms with Gasteiger partial charge < -0.3 is 15.0 Å². The maximum atomic E-state index is 10.6. The summed E-state index contributed by atoms with van der Waals surface area (Å²) in [5, 5.41) is 20.3. The minimum absolute atomic E-state index is 0. The van der Waals surface area contributed by atoms with Crippen LogP contribution in [0.3, 0.4) is 0 Å². The number of carbonyl (C=O) groups is 1. The quantitative estimate of drug-likeness (QED) is 0.897. The van der Waals surface area contributed by atoms with Crippen molar-refractivity contribution in [2.45, 2.75) is 39.7 Å². The molecule has 6 heteroatoms. The summed E-state index contributed by atoms with van der Waals surface area (Å²) >= 11 is 0. The molecular formula is C18H24N4O2. The fraction of sp³-hybridized carbons (Fsp3) is 0.500. The molecule has 0 spiro atoms. The topological polar surface area (TPSA) is 90.9 Å². The summed E-state index contributed by atoms with van der Waals surface area (Å²) in [6.07, 6.45) is 5.29. The van der Waals surface area contributed by atoms with Crippen molar-refractivity contribution >= 4 is 17.1 Å². The predicted molar refractivity (Wildman–Crippen MR) is 92.7 cm³/mol. The van der Waals surface area contributed by atoms with E-state index >= 15 is 0 Å². The highest BCUT2D eigenvalue weighted by atomic mass is 16.4. The Bertz CT molecular complexity index is 747. The van der Waals surface area contributed by atoms with E-state index in [-0.39, 0.29) is 7.43 Å². The number of rotatable bonds is 4. The molecule has 0 bridgehead atoms. The van der Waals surface area contributed by atoms with Crippen LogP contribution in [0.1, 0.15) is 38.7 Å². The van der Waals surface area contributed by atoms with Crippen LogP contribution in [0.25, 0.3) is 11.0 Å². The Morgan fingerprint density at radius 2 is 2.21 bits per heavy atom.